The Kier molecular flexibility index (Phi) is 5.97. The Hall–Kier alpha value is -4.22. The number of anilines is 2. The van der Waals surface area contributed by atoms with Crippen molar-refractivity contribution in [2.75, 3.05) is 24.4 Å². The van der Waals surface area contributed by atoms with Gasteiger partial charge in [-0.3, -0.25) is 14.5 Å². The van der Waals surface area contributed by atoms with Crippen molar-refractivity contribution in [2.24, 2.45) is 0 Å². The fraction of sp³-hybridized carbons (Fsp3) is 0.222. The number of fused-ring (bicyclic) bond motifs is 4. The minimum absolute atomic E-state index is 0.0277. The molecule has 0 saturated carbocycles. The van der Waals surface area contributed by atoms with Gasteiger partial charge < -0.3 is 19.4 Å². The number of ether oxygens (including phenoxy) is 2. The molecule has 10 nitrogen and oxygen atoms in total. The fourth-order valence-corrected chi connectivity index (χ4v) is 5.75. The van der Waals surface area contributed by atoms with Gasteiger partial charge in [0.25, 0.3) is 11.8 Å². The number of methoxy groups -OCH3 is 2. The van der Waals surface area contributed by atoms with E-state index in [0.717, 1.165) is 6.07 Å². The van der Waals surface area contributed by atoms with Gasteiger partial charge in [-0.25, -0.2) is 14.4 Å². The van der Waals surface area contributed by atoms with Crippen LogP contribution in [0, 0.1) is 5.82 Å². The molecule has 13 heteroatoms. The van der Waals surface area contributed by atoms with E-state index in [1.54, 1.807) is 22.8 Å². The van der Waals surface area contributed by atoms with Gasteiger partial charge >= 0.3 is 6.01 Å². The van der Waals surface area contributed by atoms with Crippen molar-refractivity contribution >= 4 is 46.4 Å². The third-order valence-electron chi connectivity index (χ3n) is 6.97. The van der Waals surface area contributed by atoms with Crippen LogP contribution in [0.2, 0.25) is 10.0 Å². The topological polar surface area (TPSA) is 111 Å². The minimum atomic E-state index is -1.72. The molecule has 2 amide bonds. The first-order valence-electron chi connectivity index (χ1n) is 12.1. The first kappa shape index (κ1) is 26.0. The second kappa shape index (κ2) is 9.17. The molecule has 0 bridgehead atoms. The van der Waals surface area contributed by atoms with Crippen LogP contribution in [0.1, 0.15) is 41.6 Å². The van der Waals surface area contributed by atoms with Crippen LogP contribution >= 0.6 is 23.2 Å². The third kappa shape index (κ3) is 3.44. The average molecular weight is 583 g/mol. The Bertz CT molecular complexity index is 1740. The number of halogens is 3. The van der Waals surface area contributed by atoms with E-state index in [9.17, 15) is 14.0 Å². The number of carbonyl (C=O) groups is 2. The summed E-state index contributed by atoms with van der Waals surface area (Å²) in [4.78, 5) is 43.0. The maximum atomic E-state index is 14.3. The number of hydrogen-bond acceptors (Lipinski definition) is 7. The molecule has 2 aliphatic rings. The summed E-state index contributed by atoms with van der Waals surface area (Å²) in [5.74, 6) is -1.26. The van der Waals surface area contributed by atoms with Crippen LogP contribution in [0.5, 0.6) is 11.9 Å². The molecule has 0 radical (unpaired) electrons. The molecule has 40 heavy (non-hydrogen) atoms. The standard InChI is InChI=1S/C27H21Cl2FN6O4/c1-12(2)35-21-20(33-22(35)15-11-31-26(40-4)34-23(15)39-3)24(37)36(14-6-8-18(30)17(29)10-14)27(21)16-7-5-13(28)9-19(16)32-25(27)38/h5-12H,1-4H3,(H,32,38)/t27-/m0/s1. The molecule has 2 aromatic heterocycles. The molecule has 4 heterocycles. The molecule has 1 atom stereocenters. The number of nitrogens with zero attached hydrogens (tertiary/aromatic N) is 5. The van der Waals surface area contributed by atoms with Crippen molar-refractivity contribution in [3.05, 3.63) is 75.4 Å². The number of carbonyl (C=O) groups excluding carboxylic acids is 2. The minimum Gasteiger partial charge on any atom is -0.480 e. The summed E-state index contributed by atoms with van der Waals surface area (Å²) < 4.78 is 26.6. The molecule has 2 aliphatic heterocycles. The fourth-order valence-electron chi connectivity index (χ4n) is 5.41. The number of nitrogens with one attached hydrogen (secondary N) is 1. The monoisotopic (exact) mass is 582 g/mol. The Labute approximate surface area is 237 Å². The van der Waals surface area contributed by atoms with Gasteiger partial charge in [-0.05, 0) is 44.2 Å². The number of aromatic nitrogens is 4. The lowest BCUT2D eigenvalue weighted by atomic mass is 9.87. The van der Waals surface area contributed by atoms with Crippen LogP contribution in [0.25, 0.3) is 11.4 Å². The van der Waals surface area contributed by atoms with E-state index in [4.69, 9.17) is 37.7 Å². The van der Waals surface area contributed by atoms with Crippen LogP contribution in [0.15, 0.2) is 42.6 Å². The zero-order chi connectivity index (χ0) is 28.5. The summed E-state index contributed by atoms with van der Waals surface area (Å²) in [6, 6.07) is 8.57. The average Bonchev–Trinajstić information content (AvgIpc) is 3.53. The number of benzene rings is 2. The lowest BCUT2D eigenvalue weighted by Crippen LogP contribution is -2.51. The quantitative estimate of drug-likeness (QED) is 0.342. The molecule has 6 rings (SSSR count). The van der Waals surface area contributed by atoms with E-state index in [2.05, 4.69) is 15.3 Å². The van der Waals surface area contributed by atoms with E-state index >= 15 is 0 Å². The van der Waals surface area contributed by atoms with Gasteiger partial charge in [-0.1, -0.05) is 29.3 Å². The van der Waals surface area contributed by atoms with E-state index in [-0.39, 0.29) is 34.3 Å². The maximum absolute atomic E-state index is 14.3. The third-order valence-corrected chi connectivity index (χ3v) is 7.49. The van der Waals surface area contributed by atoms with Gasteiger partial charge in [0.05, 0.1) is 30.5 Å². The molecule has 1 spiro atoms. The first-order chi connectivity index (χ1) is 19.1. The molecule has 0 unspecified atom stereocenters. The zero-order valence-corrected chi connectivity index (χ0v) is 23.1. The van der Waals surface area contributed by atoms with Crippen LogP contribution < -0.4 is 19.7 Å². The van der Waals surface area contributed by atoms with Crippen LogP contribution in [0.4, 0.5) is 15.8 Å². The number of amides is 2. The Morgan fingerprint density at radius 2 is 1.82 bits per heavy atom. The highest BCUT2D eigenvalue weighted by Crippen LogP contribution is 2.54. The summed E-state index contributed by atoms with van der Waals surface area (Å²) in [5.41, 5.74) is 0.138. The number of hydrogen-bond donors (Lipinski definition) is 1. The summed E-state index contributed by atoms with van der Waals surface area (Å²) >= 11 is 12.4. The SMILES string of the molecule is COc1ncc(-c2nc3c(n2C(C)C)[C@@]2(C(=O)Nc4cc(Cl)ccc42)N(c2ccc(F)c(Cl)c2)C3=O)c(OC)n1. The summed E-state index contributed by atoms with van der Waals surface area (Å²) in [7, 11) is 2.87. The summed E-state index contributed by atoms with van der Waals surface area (Å²) in [6.07, 6.45) is 1.48. The van der Waals surface area contributed by atoms with Gasteiger partial charge in [-0.15, -0.1) is 0 Å². The maximum Gasteiger partial charge on any atom is 0.319 e. The van der Waals surface area contributed by atoms with E-state index in [1.165, 1.54) is 37.4 Å². The molecule has 204 valence electrons. The Morgan fingerprint density at radius 3 is 2.50 bits per heavy atom. The van der Waals surface area contributed by atoms with Crippen molar-refractivity contribution in [3.8, 4) is 23.3 Å². The van der Waals surface area contributed by atoms with Crippen molar-refractivity contribution < 1.29 is 23.5 Å². The van der Waals surface area contributed by atoms with E-state index < -0.39 is 23.2 Å². The molecular weight excluding hydrogens is 562 g/mol. The lowest BCUT2D eigenvalue weighted by molar-refractivity contribution is -0.119. The highest BCUT2D eigenvalue weighted by molar-refractivity contribution is 6.32. The Balaban J connectivity index is 1.71. The predicted octanol–water partition coefficient (Wildman–Crippen LogP) is 5.24. The molecule has 2 aromatic carbocycles. The normalized spacial score (nSPS) is 17.4. The van der Waals surface area contributed by atoms with Crippen molar-refractivity contribution in [3.63, 3.8) is 0 Å². The molecule has 4 aromatic rings. The lowest BCUT2D eigenvalue weighted by Gasteiger charge is -2.35. The number of imidazole rings is 1. The van der Waals surface area contributed by atoms with Crippen molar-refractivity contribution in [2.45, 2.75) is 25.4 Å². The molecule has 0 saturated heterocycles. The van der Waals surface area contributed by atoms with Gasteiger partial charge in [0, 0.05) is 34.2 Å². The van der Waals surface area contributed by atoms with Crippen molar-refractivity contribution in [1.29, 1.82) is 0 Å². The molecule has 0 aliphatic carbocycles. The summed E-state index contributed by atoms with van der Waals surface area (Å²) in [5, 5.41) is 3.08. The molecular formula is C27H21Cl2FN6O4. The number of rotatable bonds is 5. The summed E-state index contributed by atoms with van der Waals surface area (Å²) in [6.45, 7) is 3.79. The van der Waals surface area contributed by atoms with Crippen molar-refractivity contribution in [1.82, 2.24) is 19.5 Å². The predicted molar refractivity (Wildman–Crippen MR) is 146 cm³/mol. The second-order valence-electron chi connectivity index (χ2n) is 9.47. The molecule has 1 N–H and O–H groups in total. The molecule has 0 fully saturated rings. The van der Waals surface area contributed by atoms with Gasteiger partial charge in [0.2, 0.25) is 5.88 Å². The van der Waals surface area contributed by atoms with Gasteiger partial charge in [0.1, 0.15) is 11.6 Å². The van der Waals surface area contributed by atoms with Crippen LogP contribution in [-0.4, -0.2) is 45.6 Å². The van der Waals surface area contributed by atoms with E-state index in [0.29, 0.717) is 33.4 Å². The zero-order valence-electron chi connectivity index (χ0n) is 21.6. The Morgan fingerprint density at radius 1 is 1.05 bits per heavy atom. The van der Waals surface area contributed by atoms with Gasteiger partial charge in [-0.2, -0.15) is 4.98 Å². The highest BCUT2D eigenvalue weighted by atomic mass is 35.5. The largest absolute Gasteiger partial charge is 0.480 e. The van der Waals surface area contributed by atoms with Gasteiger partial charge in [0.15, 0.2) is 11.2 Å². The van der Waals surface area contributed by atoms with E-state index in [1.807, 2.05) is 13.8 Å². The first-order valence-corrected chi connectivity index (χ1v) is 12.9. The smallest absolute Gasteiger partial charge is 0.319 e. The van der Waals surface area contributed by atoms with Crippen LogP contribution in [0.3, 0.4) is 0 Å². The second-order valence-corrected chi connectivity index (χ2v) is 10.3. The van der Waals surface area contributed by atoms with Crippen LogP contribution in [-0.2, 0) is 10.3 Å². The highest BCUT2D eigenvalue weighted by Gasteiger charge is 2.64.